The van der Waals surface area contributed by atoms with Crippen LogP contribution in [0.2, 0.25) is 0 Å². The molecule has 0 fully saturated rings. The maximum Gasteiger partial charge on any atom is -0.0216 e. The van der Waals surface area contributed by atoms with Gasteiger partial charge in [0.25, 0.3) is 0 Å². The first kappa shape index (κ1) is 52.1. The molecule has 0 aliphatic carbocycles. The normalized spacial score (nSPS) is 10.4. The summed E-state index contributed by atoms with van der Waals surface area (Å²) in [6.45, 7) is 44.0. The van der Waals surface area contributed by atoms with Crippen molar-refractivity contribution in [3.8, 4) is 0 Å². The Kier molecular flexibility index (Phi) is 23.6. The van der Waals surface area contributed by atoms with Crippen molar-refractivity contribution in [1.82, 2.24) is 0 Å². The molecule has 0 aliphatic heterocycles. The minimum atomic E-state index is 0. The van der Waals surface area contributed by atoms with Crippen LogP contribution >= 0.6 is 0 Å². The number of rotatable bonds is 5. The van der Waals surface area contributed by atoms with Crippen LogP contribution in [0.5, 0.6) is 0 Å². The molecule has 0 aromatic heterocycles. The third-order valence-corrected chi connectivity index (χ3v) is 10.5. The van der Waals surface area contributed by atoms with Crippen LogP contribution in [-0.2, 0) is 0 Å². The Hall–Kier alpha value is -3.90. The molecule has 0 saturated carbocycles. The number of hydrogen-bond acceptors (Lipinski definition) is 0. The first-order chi connectivity index (χ1) is 25.5. The zero-order valence-corrected chi connectivity index (χ0v) is 39.0. The van der Waals surface area contributed by atoms with Gasteiger partial charge in [0.1, 0.15) is 0 Å². The highest BCUT2D eigenvalue weighted by Gasteiger charge is 2.05. The van der Waals surface area contributed by atoms with E-state index in [9.17, 15) is 0 Å². The van der Waals surface area contributed by atoms with Gasteiger partial charge in [-0.25, -0.2) is 0 Å². The average Bonchev–Trinajstić information content (AvgIpc) is 3.08. The molecule has 0 nitrogen and oxygen atoms in total. The number of benzene rings is 5. The quantitative estimate of drug-likeness (QED) is 0.168. The van der Waals surface area contributed by atoms with E-state index in [2.05, 4.69) is 229 Å². The van der Waals surface area contributed by atoms with Crippen molar-refractivity contribution in [1.29, 1.82) is 0 Å². The molecule has 0 atom stereocenters. The third kappa shape index (κ3) is 18.4. The topological polar surface area (TPSA) is 0 Å². The van der Waals surface area contributed by atoms with Gasteiger partial charge in [0, 0.05) is 0 Å². The van der Waals surface area contributed by atoms with E-state index in [1.165, 1.54) is 83.5 Å². The Morgan fingerprint density at radius 1 is 0.286 bits per heavy atom. The molecule has 5 aromatic carbocycles. The van der Waals surface area contributed by atoms with E-state index in [-0.39, 0.29) is 7.43 Å². The molecule has 0 heteroatoms. The Labute approximate surface area is 348 Å². The zero-order chi connectivity index (χ0) is 42.2. The van der Waals surface area contributed by atoms with Crippen LogP contribution in [-0.4, -0.2) is 0 Å². The van der Waals surface area contributed by atoms with Gasteiger partial charge in [-0.05, 0) is 160 Å². The molecular weight excluding hydrogens is 673 g/mol. The first-order valence-electron chi connectivity index (χ1n) is 20.9. The van der Waals surface area contributed by atoms with Gasteiger partial charge in [0.2, 0.25) is 0 Å². The minimum absolute atomic E-state index is 0. The van der Waals surface area contributed by atoms with Crippen LogP contribution in [0, 0.1) is 69.2 Å². The van der Waals surface area contributed by atoms with E-state index < -0.39 is 0 Å². The van der Waals surface area contributed by atoms with E-state index in [0.29, 0.717) is 29.6 Å². The van der Waals surface area contributed by atoms with Crippen LogP contribution in [0.3, 0.4) is 0 Å². The van der Waals surface area contributed by atoms with Crippen molar-refractivity contribution in [2.24, 2.45) is 0 Å². The lowest BCUT2D eigenvalue weighted by Crippen LogP contribution is -1.93. The predicted molar refractivity (Wildman–Crippen MR) is 257 cm³/mol. The standard InChI is InChI=1S/5C11H16.CH4/c1-8(2)11-6-9(3)5-10(4)7-11;1-8(2)11-6-5-9(3)10(4)7-11;1-8(2)11-6-5-9(3)7-10(11)4;1-8(2)11-7-9(3)5-6-10(11)4;1-8(2)11-7-5-6-9(3)10(11)4;/h5*5-8H,1-4H3;1H4. The largest absolute Gasteiger partial charge is 0.0776 e. The molecule has 0 amide bonds. The van der Waals surface area contributed by atoms with E-state index >= 15 is 0 Å². The molecule has 0 bridgehead atoms. The predicted octanol–water partition coefficient (Wildman–Crippen LogP) is 17.8. The lowest BCUT2D eigenvalue weighted by Gasteiger charge is -2.10. The molecule has 308 valence electrons. The summed E-state index contributed by atoms with van der Waals surface area (Å²) in [6.07, 6.45) is 0. The summed E-state index contributed by atoms with van der Waals surface area (Å²) in [5.74, 6) is 3.24. The average molecular weight is 757 g/mol. The van der Waals surface area contributed by atoms with Crippen molar-refractivity contribution in [2.75, 3.05) is 0 Å². The number of aryl methyl sites for hydroxylation is 9. The van der Waals surface area contributed by atoms with Crippen LogP contribution in [0.15, 0.2) is 91.0 Å². The molecular formula is C56H84. The Bertz CT molecular complexity index is 1850. The zero-order valence-electron chi connectivity index (χ0n) is 39.0. The summed E-state index contributed by atoms with van der Waals surface area (Å²) in [5.41, 5.74) is 21.2. The maximum absolute atomic E-state index is 2.28. The summed E-state index contributed by atoms with van der Waals surface area (Å²) in [6, 6.07) is 33.3. The van der Waals surface area contributed by atoms with Gasteiger partial charge in [-0.15, -0.1) is 0 Å². The fourth-order valence-electron chi connectivity index (χ4n) is 6.72. The Balaban J connectivity index is 0.000000672. The van der Waals surface area contributed by atoms with Gasteiger partial charge >= 0.3 is 0 Å². The van der Waals surface area contributed by atoms with Gasteiger partial charge in [-0.1, -0.05) is 190 Å². The summed E-state index contributed by atoms with van der Waals surface area (Å²) >= 11 is 0. The summed E-state index contributed by atoms with van der Waals surface area (Å²) in [4.78, 5) is 0. The molecule has 5 rings (SSSR count). The van der Waals surface area contributed by atoms with Crippen molar-refractivity contribution < 1.29 is 0 Å². The Morgan fingerprint density at radius 2 is 0.768 bits per heavy atom. The van der Waals surface area contributed by atoms with Crippen LogP contribution in [0.25, 0.3) is 0 Å². The molecule has 0 heterocycles. The molecule has 0 saturated heterocycles. The fraction of sp³-hybridized carbons (Fsp3) is 0.464. The van der Waals surface area contributed by atoms with Crippen LogP contribution < -0.4 is 0 Å². The van der Waals surface area contributed by atoms with E-state index in [0.717, 1.165) is 0 Å². The monoisotopic (exact) mass is 757 g/mol. The van der Waals surface area contributed by atoms with Gasteiger partial charge in [-0.3, -0.25) is 0 Å². The second-order valence-electron chi connectivity index (χ2n) is 17.5. The van der Waals surface area contributed by atoms with Crippen molar-refractivity contribution in [3.63, 3.8) is 0 Å². The van der Waals surface area contributed by atoms with E-state index in [4.69, 9.17) is 0 Å². The van der Waals surface area contributed by atoms with Gasteiger partial charge < -0.3 is 0 Å². The smallest absolute Gasteiger partial charge is 0.0216 e. The second-order valence-corrected chi connectivity index (χ2v) is 17.5. The fourth-order valence-corrected chi connectivity index (χ4v) is 6.72. The highest BCUT2D eigenvalue weighted by molar-refractivity contribution is 5.36. The molecule has 0 aliphatic rings. The van der Waals surface area contributed by atoms with E-state index in [1.807, 2.05) is 0 Å². The van der Waals surface area contributed by atoms with Crippen molar-refractivity contribution in [2.45, 2.75) is 175 Å². The van der Waals surface area contributed by atoms with Crippen LogP contribution in [0.4, 0.5) is 0 Å². The second kappa shape index (κ2) is 25.4. The highest BCUT2D eigenvalue weighted by Crippen LogP contribution is 2.23. The molecule has 56 heavy (non-hydrogen) atoms. The summed E-state index contributed by atoms with van der Waals surface area (Å²) < 4.78 is 0. The van der Waals surface area contributed by atoms with Crippen molar-refractivity contribution in [3.05, 3.63) is 174 Å². The van der Waals surface area contributed by atoms with Crippen molar-refractivity contribution >= 4 is 0 Å². The number of hydrogen-bond donors (Lipinski definition) is 0. The summed E-state index contributed by atoms with van der Waals surface area (Å²) in [7, 11) is 0. The first-order valence-corrected chi connectivity index (χ1v) is 20.9. The van der Waals surface area contributed by atoms with E-state index in [1.54, 1.807) is 0 Å². The highest BCUT2D eigenvalue weighted by atomic mass is 14.1. The minimum Gasteiger partial charge on any atom is -0.0776 e. The third-order valence-electron chi connectivity index (χ3n) is 10.5. The molecule has 5 aromatic rings. The van der Waals surface area contributed by atoms with Gasteiger partial charge in [0.05, 0.1) is 0 Å². The maximum atomic E-state index is 2.28. The molecule has 0 unspecified atom stereocenters. The lowest BCUT2D eigenvalue weighted by atomic mass is 9.95. The SMILES string of the molecule is C.Cc1cc(C)cc(C(C)C)c1.Cc1ccc(C(C)C)c(C)c1.Cc1ccc(C(C)C)cc1C.Cc1ccc(C)c(C(C)C)c1.Cc1cccc(C(C)C)c1C. The Morgan fingerprint density at radius 3 is 1.20 bits per heavy atom. The van der Waals surface area contributed by atoms with Gasteiger partial charge in [0.15, 0.2) is 0 Å². The van der Waals surface area contributed by atoms with Gasteiger partial charge in [-0.2, -0.15) is 0 Å². The molecule has 0 N–H and O–H groups in total. The lowest BCUT2D eigenvalue weighted by molar-refractivity contribution is 0.854. The molecule has 0 spiro atoms. The summed E-state index contributed by atoms with van der Waals surface area (Å²) in [5, 5.41) is 0. The van der Waals surface area contributed by atoms with Crippen LogP contribution in [0.1, 0.15) is 190 Å². The molecule has 0 radical (unpaired) electrons.